The summed E-state index contributed by atoms with van der Waals surface area (Å²) < 4.78 is 37.2. The molecule has 0 saturated carbocycles. The van der Waals surface area contributed by atoms with E-state index < -0.39 is 41.6 Å². The summed E-state index contributed by atoms with van der Waals surface area (Å²) in [4.78, 5) is 62.7. The van der Waals surface area contributed by atoms with Crippen LogP contribution in [-0.4, -0.2) is 162 Å². The van der Waals surface area contributed by atoms with Crippen LogP contribution in [0, 0.1) is 17.3 Å². The van der Waals surface area contributed by atoms with E-state index in [-0.39, 0.29) is 67.8 Å². The second-order valence-electron chi connectivity index (χ2n) is 20.3. The Balaban J connectivity index is 1.35. The maximum absolute atomic E-state index is 14.0. The smallest absolute Gasteiger partial charge is 0.413 e. The third-order valence-electron chi connectivity index (χ3n) is 11.6. The quantitative estimate of drug-likeness (QED) is 0.0484. The Morgan fingerprint density at radius 3 is 2.10 bits per heavy atom. The lowest BCUT2D eigenvalue weighted by Gasteiger charge is -2.37. The van der Waals surface area contributed by atoms with Crippen LogP contribution in [-0.2, 0) is 62.2 Å². The van der Waals surface area contributed by atoms with Crippen LogP contribution in [0.25, 0.3) is 0 Å². The monoisotopic (exact) mass is 996 g/mol. The van der Waals surface area contributed by atoms with E-state index in [4.69, 9.17) is 28.3 Å². The molecule has 0 aliphatic rings. The maximum atomic E-state index is 14.0. The number of aliphatic hydroxyl groups is 1. The summed E-state index contributed by atoms with van der Waals surface area (Å²) in [7, 11) is 0.755. The highest BCUT2D eigenvalue weighted by molar-refractivity contribution is 6.47. The Morgan fingerprint density at radius 2 is 1.51 bits per heavy atom. The molecular formula is C50H82BN9O11. The number of carbonyl (C=O) groups is 4. The normalized spacial score (nSPS) is 13.4. The number of aromatic nitrogens is 5. The molecule has 1 aromatic carbocycles. The Hall–Kier alpha value is -4.90. The zero-order chi connectivity index (χ0) is 52.5. The Labute approximate surface area is 421 Å². The summed E-state index contributed by atoms with van der Waals surface area (Å²) >= 11 is 0. The summed E-state index contributed by atoms with van der Waals surface area (Å²) in [6.07, 6.45) is 7.40. The van der Waals surface area contributed by atoms with Crippen LogP contribution in [0.5, 0.6) is 0 Å². The van der Waals surface area contributed by atoms with Crippen molar-refractivity contribution >= 4 is 30.7 Å². The SMILES string of the molecule is COB(OC(C)(C)C(C)COCCOCCOCCOCCn1cc(CN(CCC(=O)NC(C)(C)CCO)C(=O)C(C)(C)C)nn1)[C@@H](CC(C)C)NC(=O)[C@@H](Cc1ccccc1)NC(=O)c1cnccn1. The van der Waals surface area contributed by atoms with Crippen LogP contribution in [0.3, 0.4) is 0 Å². The molecule has 0 bridgehead atoms. The predicted octanol–water partition coefficient (Wildman–Crippen LogP) is 3.85. The van der Waals surface area contributed by atoms with Gasteiger partial charge in [-0.1, -0.05) is 77.1 Å². The van der Waals surface area contributed by atoms with Gasteiger partial charge in [0.1, 0.15) is 17.4 Å². The minimum atomic E-state index is -0.905. The molecule has 4 amide bonds. The molecule has 2 aromatic heterocycles. The van der Waals surface area contributed by atoms with Gasteiger partial charge in [-0.2, -0.15) is 0 Å². The molecule has 3 rings (SSSR count). The van der Waals surface area contributed by atoms with E-state index in [1.165, 1.54) is 18.6 Å². The maximum Gasteiger partial charge on any atom is 0.481 e. The molecule has 4 N–H and O–H groups in total. The third kappa shape index (κ3) is 23.5. The first-order chi connectivity index (χ1) is 33.6. The average molecular weight is 996 g/mol. The molecule has 396 valence electrons. The summed E-state index contributed by atoms with van der Waals surface area (Å²) in [6, 6.07) is 8.57. The second kappa shape index (κ2) is 30.9. The van der Waals surface area contributed by atoms with E-state index >= 15 is 0 Å². The molecule has 71 heavy (non-hydrogen) atoms. The second-order valence-corrected chi connectivity index (χ2v) is 20.3. The first-order valence-corrected chi connectivity index (χ1v) is 24.7. The van der Waals surface area contributed by atoms with Gasteiger partial charge >= 0.3 is 7.12 Å². The average Bonchev–Trinajstić information content (AvgIpc) is 3.77. The van der Waals surface area contributed by atoms with Gasteiger partial charge in [0.15, 0.2) is 0 Å². The highest BCUT2D eigenvalue weighted by Crippen LogP contribution is 2.25. The topological polar surface area (TPSA) is 240 Å². The van der Waals surface area contributed by atoms with Gasteiger partial charge in [-0.25, -0.2) is 9.67 Å². The zero-order valence-corrected chi connectivity index (χ0v) is 44.1. The minimum absolute atomic E-state index is 0.0353. The lowest BCUT2D eigenvalue weighted by molar-refractivity contribution is -0.140. The van der Waals surface area contributed by atoms with Gasteiger partial charge in [-0.3, -0.25) is 24.2 Å². The standard InChI is InChI=1S/C50H82BN9O11/c1-37(2)31-43(55-45(63)41(32-39-15-13-12-14-16-39)54-46(64)42-33-52-19-20-53-42)51(66-11)71-50(9,10)38(3)36-70-30-29-69-28-27-68-26-25-67-24-22-60-35-40(57-58-60)34-59(47(65)48(4,5)6)21-17-44(62)56-49(7,8)18-23-61/h12-16,19-20,33,35,37-38,41,43,61H,17-18,21-32,34,36H2,1-11H3,(H,54,64)(H,55,63)(H,56,62)/t38?,41-,43-/m1/s1. The summed E-state index contributed by atoms with van der Waals surface area (Å²) in [5.41, 5.74) is -0.315. The molecular weight excluding hydrogens is 913 g/mol. The first kappa shape index (κ1) is 60.4. The van der Waals surface area contributed by atoms with Crippen molar-refractivity contribution in [2.75, 3.05) is 73.1 Å². The number of hydrogen-bond acceptors (Lipinski definition) is 15. The molecule has 3 aromatic rings. The molecule has 0 saturated heterocycles. The van der Waals surface area contributed by atoms with Gasteiger partial charge in [0.25, 0.3) is 5.91 Å². The lowest BCUT2D eigenvalue weighted by atomic mass is 9.72. The zero-order valence-electron chi connectivity index (χ0n) is 44.1. The summed E-state index contributed by atoms with van der Waals surface area (Å²) in [6.45, 7) is 23.3. The largest absolute Gasteiger partial charge is 0.481 e. The van der Waals surface area contributed by atoms with Gasteiger partial charge in [-0.15, -0.1) is 5.10 Å². The Morgan fingerprint density at radius 1 is 0.859 bits per heavy atom. The van der Waals surface area contributed by atoms with E-state index in [2.05, 4.69) is 50.1 Å². The number of nitrogens with one attached hydrogen (secondary N) is 3. The fraction of sp³-hybridized carbons (Fsp3) is 0.680. The molecule has 20 nitrogen and oxygen atoms in total. The van der Waals surface area contributed by atoms with Crippen LogP contribution in [0.4, 0.5) is 0 Å². The molecule has 2 heterocycles. The molecule has 0 radical (unpaired) electrons. The van der Waals surface area contributed by atoms with Gasteiger partial charge in [-0.05, 0) is 52.0 Å². The number of benzene rings is 1. The number of rotatable bonds is 35. The lowest BCUT2D eigenvalue weighted by Crippen LogP contribution is -2.58. The van der Waals surface area contributed by atoms with Crippen molar-refractivity contribution in [3.05, 3.63) is 72.1 Å². The first-order valence-electron chi connectivity index (χ1n) is 24.7. The van der Waals surface area contributed by atoms with E-state index in [0.29, 0.717) is 77.9 Å². The van der Waals surface area contributed by atoms with Crippen molar-refractivity contribution in [3.8, 4) is 0 Å². The number of hydrogen-bond donors (Lipinski definition) is 4. The van der Waals surface area contributed by atoms with Crippen LogP contribution in [0.15, 0.2) is 55.1 Å². The highest BCUT2D eigenvalue weighted by atomic mass is 16.6. The van der Waals surface area contributed by atoms with Crippen molar-refractivity contribution in [1.82, 2.24) is 45.8 Å². The van der Waals surface area contributed by atoms with E-state index in [1.807, 2.05) is 85.7 Å². The van der Waals surface area contributed by atoms with E-state index in [0.717, 1.165) is 5.56 Å². The third-order valence-corrected chi connectivity index (χ3v) is 11.6. The number of carbonyl (C=O) groups excluding carboxylic acids is 4. The Kier molecular flexibility index (Phi) is 26.3. The van der Waals surface area contributed by atoms with Crippen LogP contribution in [0.1, 0.15) is 110 Å². The van der Waals surface area contributed by atoms with E-state index in [1.54, 1.807) is 22.9 Å². The fourth-order valence-corrected chi connectivity index (χ4v) is 7.19. The van der Waals surface area contributed by atoms with Gasteiger partial charge < -0.3 is 54.2 Å². The predicted molar refractivity (Wildman–Crippen MR) is 269 cm³/mol. The molecule has 3 atom stereocenters. The van der Waals surface area contributed by atoms with Crippen molar-refractivity contribution in [2.24, 2.45) is 17.3 Å². The number of nitrogens with zero attached hydrogens (tertiary/aromatic N) is 6. The summed E-state index contributed by atoms with van der Waals surface area (Å²) in [5.74, 6) is -1.58. The van der Waals surface area contributed by atoms with Crippen LogP contribution >= 0.6 is 0 Å². The van der Waals surface area contributed by atoms with E-state index in [9.17, 15) is 24.3 Å². The van der Waals surface area contributed by atoms with Gasteiger partial charge in [0, 0.05) is 62.4 Å². The van der Waals surface area contributed by atoms with Crippen LogP contribution < -0.4 is 16.0 Å². The molecule has 0 aliphatic heterocycles. The molecule has 0 spiro atoms. The number of ether oxygens (including phenoxy) is 4. The van der Waals surface area contributed by atoms with Gasteiger partial charge in [0.2, 0.25) is 17.7 Å². The van der Waals surface area contributed by atoms with Crippen LogP contribution in [0.2, 0.25) is 0 Å². The molecule has 0 aliphatic carbocycles. The van der Waals surface area contributed by atoms with Gasteiger partial charge in [0.05, 0.1) is 89.9 Å². The van der Waals surface area contributed by atoms with Crippen molar-refractivity contribution in [3.63, 3.8) is 0 Å². The van der Waals surface area contributed by atoms with Crippen molar-refractivity contribution in [1.29, 1.82) is 0 Å². The van der Waals surface area contributed by atoms with Crippen molar-refractivity contribution in [2.45, 2.75) is 131 Å². The molecule has 0 fully saturated rings. The molecule has 1 unspecified atom stereocenters. The minimum Gasteiger partial charge on any atom is -0.413 e. The van der Waals surface area contributed by atoms with Crippen molar-refractivity contribution < 1.29 is 52.5 Å². The number of aliphatic hydroxyl groups excluding tert-OH is 1. The summed E-state index contributed by atoms with van der Waals surface area (Å²) in [5, 5.41) is 26.6. The highest BCUT2D eigenvalue weighted by Gasteiger charge is 2.40. The molecule has 21 heteroatoms. The Bertz CT molecular complexity index is 2010. The number of amides is 4. The fourth-order valence-electron chi connectivity index (χ4n) is 7.19.